The predicted molar refractivity (Wildman–Crippen MR) is 116 cm³/mol. The summed E-state index contributed by atoms with van der Waals surface area (Å²) in [6.07, 6.45) is 3.30. The van der Waals surface area contributed by atoms with Gasteiger partial charge >= 0.3 is 0 Å². The molecule has 1 fully saturated rings. The molecule has 1 saturated heterocycles. The number of nitrogens with two attached hydrogens (primary N) is 1. The number of halogens is 1. The molecule has 1 aliphatic rings. The number of aromatic nitrogens is 3. The molecular formula is C20H20ClN7O2. The van der Waals surface area contributed by atoms with Crippen LogP contribution in [-0.4, -0.2) is 53.6 Å². The first-order valence-electron chi connectivity index (χ1n) is 9.34. The molecule has 0 unspecified atom stereocenters. The number of benzene rings is 1. The lowest BCUT2D eigenvalue weighted by atomic mass is 10.2. The molecule has 0 aliphatic carbocycles. The fourth-order valence-corrected chi connectivity index (χ4v) is 3.24. The lowest BCUT2D eigenvalue weighted by molar-refractivity contribution is 0.100. The monoisotopic (exact) mass is 425 g/mol. The third-order valence-electron chi connectivity index (χ3n) is 4.53. The summed E-state index contributed by atoms with van der Waals surface area (Å²) in [4.78, 5) is 22.9. The molecule has 30 heavy (non-hydrogen) atoms. The average Bonchev–Trinajstić information content (AvgIpc) is 3.16. The number of H-pyrrole nitrogens is 1. The molecule has 0 bridgehead atoms. The van der Waals surface area contributed by atoms with Gasteiger partial charge in [-0.2, -0.15) is 5.10 Å². The Labute approximate surface area is 177 Å². The highest BCUT2D eigenvalue weighted by atomic mass is 35.5. The van der Waals surface area contributed by atoms with Gasteiger partial charge in [0, 0.05) is 41.8 Å². The number of ether oxygens (including phenoxy) is 1. The second-order valence-electron chi connectivity index (χ2n) is 6.60. The molecule has 0 saturated carbocycles. The van der Waals surface area contributed by atoms with E-state index in [1.807, 2.05) is 18.2 Å². The minimum Gasteiger partial charge on any atom is -0.378 e. The summed E-state index contributed by atoms with van der Waals surface area (Å²) in [5, 5.41) is 10.5. The first-order chi connectivity index (χ1) is 14.6. The summed E-state index contributed by atoms with van der Waals surface area (Å²) in [7, 11) is 0. The summed E-state index contributed by atoms with van der Waals surface area (Å²) in [6.45, 7) is 3.03. The molecule has 154 valence electrons. The van der Waals surface area contributed by atoms with Crippen LogP contribution in [-0.2, 0) is 4.74 Å². The standard InChI is InChI=1S/C20H20ClN7O2/c21-14-2-1-3-15(10-14)25-20-17(18(22)29)19(26-27-20)24-12-13-4-5-16(23-11-13)28-6-8-30-9-7-28/h1-5,10-12H,6-9H2,(H2,22,29)(H2,25,26,27). The van der Waals surface area contributed by atoms with Crippen molar-refractivity contribution in [3.63, 3.8) is 0 Å². The lowest BCUT2D eigenvalue weighted by Gasteiger charge is -2.27. The van der Waals surface area contributed by atoms with Gasteiger partial charge in [0.2, 0.25) is 0 Å². The molecule has 1 aliphatic heterocycles. The SMILES string of the molecule is NC(=O)c1c(N=Cc2ccc(N3CCOCC3)nc2)n[nH]c1Nc1cccc(Cl)c1. The van der Waals surface area contributed by atoms with Crippen molar-refractivity contribution in [3.8, 4) is 0 Å². The fraction of sp³-hybridized carbons (Fsp3) is 0.200. The highest BCUT2D eigenvalue weighted by Crippen LogP contribution is 2.27. The van der Waals surface area contributed by atoms with E-state index in [2.05, 4.69) is 30.4 Å². The molecule has 10 heteroatoms. The summed E-state index contributed by atoms with van der Waals surface area (Å²) in [6, 6.07) is 10.9. The van der Waals surface area contributed by atoms with E-state index in [4.69, 9.17) is 22.1 Å². The van der Waals surface area contributed by atoms with E-state index < -0.39 is 5.91 Å². The quantitative estimate of drug-likeness (QED) is 0.522. The largest absolute Gasteiger partial charge is 0.378 e. The molecule has 4 rings (SSSR count). The zero-order valence-corrected chi connectivity index (χ0v) is 16.8. The van der Waals surface area contributed by atoms with E-state index >= 15 is 0 Å². The van der Waals surface area contributed by atoms with Crippen molar-refractivity contribution in [3.05, 3.63) is 58.7 Å². The van der Waals surface area contributed by atoms with Gasteiger partial charge in [-0.05, 0) is 30.3 Å². The Morgan fingerprint density at radius 1 is 1.30 bits per heavy atom. The number of primary amides is 1. The molecule has 3 aromatic rings. The van der Waals surface area contributed by atoms with Crippen molar-refractivity contribution in [1.29, 1.82) is 0 Å². The van der Waals surface area contributed by atoms with Crippen molar-refractivity contribution < 1.29 is 9.53 Å². The average molecular weight is 426 g/mol. The van der Waals surface area contributed by atoms with Crippen LogP contribution in [0, 0.1) is 0 Å². The maximum atomic E-state index is 12.0. The van der Waals surface area contributed by atoms with Crippen LogP contribution in [0.3, 0.4) is 0 Å². The first kappa shape index (κ1) is 19.9. The van der Waals surface area contributed by atoms with Gasteiger partial charge in [0.1, 0.15) is 17.2 Å². The first-order valence-corrected chi connectivity index (χ1v) is 9.71. The number of carbonyl (C=O) groups is 1. The van der Waals surface area contributed by atoms with E-state index in [-0.39, 0.29) is 11.4 Å². The maximum absolute atomic E-state index is 12.0. The Hall–Kier alpha value is -3.43. The van der Waals surface area contributed by atoms with E-state index in [1.165, 1.54) is 0 Å². The van der Waals surface area contributed by atoms with Crippen LogP contribution in [0.2, 0.25) is 5.02 Å². The number of rotatable bonds is 6. The molecule has 9 nitrogen and oxygen atoms in total. The Morgan fingerprint density at radius 3 is 2.83 bits per heavy atom. The Morgan fingerprint density at radius 2 is 2.13 bits per heavy atom. The van der Waals surface area contributed by atoms with Crippen LogP contribution in [0.25, 0.3) is 0 Å². The van der Waals surface area contributed by atoms with Crippen LogP contribution in [0.15, 0.2) is 47.6 Å². The predicted octanol–water partition coefficient (Wildman–Crippen LogP) is 2.89. The minimum absolute atomic E-state index is 0.157. The van der Waals surface area contributed by atoms with Crippen LogP contribution in [0.1, 0.15) is 15.9 Å². The lowest BCUT2D eigenvalue weighted by Crippen LogP contribution is -2.36. The highest BCUT2D eigenvalue weighted by Gasteiger charge is 2.18. The molecule has 0 atom stereocenters. The number of hydrogen-bond donors (Lipinski definition) is 3. The van der Waals surface area contributed by atoms with Gasteiger partial charge in [-0.15, -0.1) is 0 Å². The summed E-state index contributed by atoms with van der Waals surface area (Å²) < 4.78 is 5.36. The van der Waals surface area contributed by atoms with Crippen molar-refractivity contribution in [1.82, 2.24) is 15.2 Å². The number of aliphatic imine (C=N–C) groups is 1. The number of amides is 1. The second kappa shape index (κ2) is 8.93. The zero-order valence-electron chi connectivity index (χ0n) is 16.0. The Bertz CT molecular complexity index is 1060. The number of nitrogens with zero attached hydrogens (tertiary/aromatic N) is 4. The Balaban J connectivity index is 1.51. The summed E-state index contributed by atoms with van der Waals surface area (Å²) in [5.41, 5.74) is 7.16. The third kappa shape index (κ3) is 4.58. The molecule has 0 spiro atoms. The zero-order chi connectivity index (χ0) is 20.9. The van der Waals surface area contributed by atoms with E-state index in [0.717, 1.165) is 24.5 Å². The molecule has 2 aromatic heterocycles. The molecule has 1 amide bonds. The molecular weight excluding hydrogens is 406 g/mol. The van der Waals surface area contributed by atoms with Gasteiger partial charge in [0.15, 0.2) is 5.82 Å². The van der Waals surface area contributed by atoms with Gasteiger partial charge in [-0.25, -0.2) is 9.98 Å². The molecule has 1 aromatic carbocycles. The third-order valence-corrected chi connectivity index (χ3v) is 4.76. The minimum atomic E-state index is -0.652. The highest BCUT2D eigenvalue weighted by molar-refractivity contribution is 6.30. The van der Waals surface area contributed by atoms with Crippen molar-refractivity contribution >= 4 is 46.9 Å². The normalized spacial score (nSPS) is 14.2. The fourth-order valence-electron chi connectivity index (χ4n) is 3.05. The van der Waals surface area contributed by atoms with Crippen LogP contribution in [0.5, 0.6) is 0 Å². The van der Waals surface area contributed by atoms with Crippen LogP contribution < -0.4 is 16.0 Å². The number of aromatic amines is 1. The number of nitrogens with one attached hydrogen (secondary N) is 2. The molecule has 0 radical (unpaired) electrons. The number of pyridine rings is 1. The number of hydrogen-bond acceptors (Lipinski definition) is 7. The van der Waals surface area contributed by atoms with Gasteiger partial charge in [-0.1, -0.05) is 17.7 Å². The van der Waals surface area contributed by atoms with Crippen molar-refractivity contribution in [2.24, 2.45) is 10.7 Å². The topological polar surface area (TPSA) is 122 Å². The van der Waals surface area contributed by atoms with Crippen LogP contribution >= 0.6 is 11.6 Å². The molecule has 4 N–H and O–H groups in total. The number of carbonyl (C=O) groups excluding carboxylic acids is 1. The number of anilines is 3. The molecule has 3 heterocycles. The van der Waals surface area contributed by atoms with Gasteiger partial charge in [-0.3, -0.25) is 9.89 Å². The number of morpholine rings is 1. The van der Waals surface area contributed by atoms with E-state index in [1.54, 1.807) is 30.6 Å². The van der Waals surface area contributed by atoms with E-state index in [0.29, 0.717) is 29.7 Å². The van der Waals surface area contributed by atoms with Gasteiger partial charge in [0.05, 0.1) is 13.2 Å². The van der Waals surface area contributed by atoms with Gasteiger partial charge < -0.3 is 20.7 Å². The van der Waals surface area contributed by atoms with E-state index in [9.17, 15) is 4.79 Å². The summed E-state index contributed by atoms with van der Waals surface area (Å²) >= 11 is 6.00. The summed E-state index contributed by atoms with van der Waals surface area (Å²) in [5.74, 6) is 0.768. The van der Waals surface area contributed by atoms with Crippen molar-refractivity contribution in [2.45, 2.75) is 0 Å². The smallest absolute Gasteiger partial charge is 0.256 e. The van der Waals surface area contributed by atoms with Crippen molar-refractivity contribution in [2.75, 3.05) is 36.5 Å². The Kier molecular flexibility index (Phi) is 5.92. The second-order valence-corrected chi connectivity index (χ2v) is 7.04. The van der Waals surface area contributed by atoms with Gasteiger partial charge in [0.25, 0.3) is 5.91 Å². The van der Waals surface area contributed by atoms with Crippen LogP contribution in [0.4, 0.5) is 23.1 Å². The maximum Gasteiger partial charge on any atom is 0.256 e.